The Morgan fingerprint density at radius 1 is 1.54 bits per heavy atom. The van der Waals surface area contributed by atoms with Crippen LogP contribution >= 0.6 is 0 Å². The molecule has 0 aliphatic rings. The lowest BCUT2D eigenvalue weighted by atomic mass is 10.2. The SMILES string of the molecule is COC(CN)CC(=O)NCC(N)=O. The minimum absolute atomic E-state index is 0.139. The van der Waals surface area contributed by atoms with Crippen LogP contribution in [0.5, 0.6) is 0 Å². The second-order valence-electron chi connectivity index (χ2n) is 2.54. The van der Waals surface area contributed by atoms with Gasteiger partial charge in [-0.15, -0.1) is 0 Å². The quantitative estimate of drug-likeness (QED) is 0.447. The summed E-state index contributed by atoms with van der Waals surface area (Å²) in [6, 6.07) is 0. The number of ether oxygens (including phenoxy) is 1. The molecule has 0 heterocycles. The molecule has 0 spiro atoms. The standard InChI is InChI=1S/C7H15N3O3/c1-13-5(3-8)2-7(12)10-4-6(9)11/h5H,2-4,8H2,1H3,(H2,9,11)(H,10,12). The number of methoxy groups -OCH3 is 1. The van der Waals surface area contributed by atoms with Gasteiger partial charge in [0.15, 0.2) is 0 Å². The van der Waals surface area contributed by atoms with Gasteiger partial charge in [0.05, 0.1) is 19.1 Å². The highest BCUT2D eigenvalue weighted by Crippen LogP contribution is 1.93. The number of amides is 2. The van der Waals surface area contributed by atoms with E-state index in [0.717, 1.165) is 0 Å². The predicted molar refractivity (Wildman–Crippen MR) is 46.7 cm³/mol. The van der Waals surface area contributed by atoms with Crippen LogP contribution in [0.25, 0.3) is 0 Å². The molecule has 0 aliphatic heterocycles. The first-order valence-corrected chi connectivity index (χ1v) is 3.88. The molecule has 2 amide bonds. The average Bonchev–Trinajstić information content (AvgIpc) is 2.10. The van der Waals surface area contributed by atoms with Crippen LogP contribution in [0.2, 0.25) is 0 Å². The third-order valence-corrected chi connectivity index (χ3v) is 1.47. The number of carbonyl (C=O) groups excluding carboxylic acids is 2. The first-order valence-electron chi connectivity index (χ1n) is 3.88. The predicted octanol–water partition coefficient (Wildman–Crippen LogP) is -2.05. The smallest absolute Gasteiger partial charge is 0.236 e. The Kier molecular flexibility index (Phi) is 5.82. The molecule has 0 radical (unpaired) electrons. The molecular weight excluding hydrogens is 174 g/mol. The van der Waals surface area contributed by atoms with Gasteiger partial charge in [0, 0.05) is 13.7 Å². The lowest BCUT2D eigenvalue weighted by Crippen LogP contribution is -2.36. The molecule has 5 N–H and O–H groups in total. The molecule has 0 bridgehead atoms. The molecular formula is C7H15N3O3. The van der Waals surface area contributed by atoms with Gasteiger partial charge in [-0.25, -0.2) is 0 Å². The van der Waals surface area contributed by atoms with Crippen LogP contribution in [-0.4, -0.2) is 38.1 Å². The zero-order valence-electron chi connectivity index (χ0n) is 7.58. The number of rotatable bonds is 6. The third kappa shape index (κ3) is 6.06. The Bertz CT molecular complexity index is 180. The van der Waals surface area contributed by atoms with Crippen molar-refractivity contribution in [1.29, 1.82) is 0 Å². The second kappa shape index (κ2) is 6.38. The maximum atomic E-state index is 11.0. The van der Waals surface area contributed by atoms with E-state index in [9.17, 15) is 9.59 Å². The molecule has 76 valence electrons. The zero-order chi connectivity index (χ0) is 10.3. The second-order valence-corrected chi connectivity index (χ2v) is 2.54. The van der Waals surface area contributed by atoms with Crippen molar-refractivity contribution in [2.75, 3.05) is 20.2 Å². The summed E-state index contributed by atoms with van der Waals surface area (Å²) in [6.45, 7) is 0.111. The van der Waals surface area contributed by atoms with Crippen molar-refractivity contribution in [2.45, 2.75) is 12.5 Å². The van der Waals surface area contributed by atoms with E-state index in [1.165, 1.54) is 7.11 Å². The highest BCUT2D eigenvalue weighted by molar-refractivity contribution is 5.83. The van der Waals surface area contributed by atoms with Crippen LogP contribution in [0.1, 0.15) is 6.42 Å². The Hall–Kier alpha value is -1.14. The fourth-order valence-corrected chi connectivity index (χ4v) is 0.728. The summed E-state index contributed by atoms with van der Waals surface area (Å²) < 4.78 is 4.87. The van der Waals surface area contributed by atoms with Gasteiger partial charge in [0.2, 0.25) is 11.8 Å². The summed E-state index contributed by atoms with van der Waals surface area (Å²) in [5, 5.41) is 2.33. The van der Waals surface area contributed by atoms with Gasteiger partial charge in [-0.2, -0.15) is 0 Å². The molecule has 6 heteroatoms. The lowest BCUT2D eigenvalue weighted by Gasteiger charge is -2.11. The average molecular weight is 189 g/mol. The van der Waals surface area contributed by atoms with Crippen molar-refractivity contribution in [2.24, 2.45) is 11.5 Å². The van der Waals surface area contributed by atoms with Gasteiger partial charge in [0.25, 0.3) is 0 Å². The molecule has 1 unspecified atom stereocenters. The Morgan fingerprint density at radius 2 is 2.15 bits per heavy atom. The Labute approximate surface area is 76.6 Å². The molecule has 0 aromatic carbocycles. The molecule has 6 nitrogen and oxygen atoms in total. The molecule has 0 aromatic heterocycles. The van der Waals surface area contributed by atoms with Crippen LogP contribution in [-0.2, 0) is 14.3 Å². The number of hydrogen-bond donors (Lipinski definition) is 3. The Morgan fingerprint density at radius 3 is 2.54 bits per heavy atom. The van der Waals surface area contributed by atoms with Crippen molar-refractivity contribution in [3.05, 3.63) is 0 Å². The zero-order valence-corrected chi connectivity index (χ0v) is 7.58. The van der Waals surface area contributed by atoms with Gasteiger partial charge in [-0.1, -0.05) is 0 Å². The summed E-state index contributed by atoms with van der Waals surface area (Å²) in [5.74, 6) is -0.869. The number of nitrogens with two attached hydrogens (primary N) is 2. The molecule has 0 fully saturated rings. The summed E-state index contributed by atoms with van der Waals surface area (Å²) in [4.78, 5) is 21.3. The van der Waals surface area contributed by atoms with E-state index >= 15 is 0 Å². The normalized spacial score (nSPS) is 12.2. The molecule has 1 atom stereocenters. The van der Waals surface area contributed by atoms with Crippen molar-refractivity contribution < 1.29 is 14.3 Å². The van der Waals surface area contributed by atoms with E-state index in [-0.39, 0.29) is 31.5 Å². The van der Waals surface area contributed by atoms with Gasteiger partial charge >= 0.3 is 0 Å². The number of hydrogen-bond acceptors (Lipinski definition) is 4. The third-order valence-electron chi connectivity index (χ3n) is 1.47. The highest BCUT2D eigenvalue weighted by Gasteiger charge is 2.11. The number of nitrogens with one attached hydrogen (secondary N) is 1. The van der Waals surface area contributed by atoms with E-state index < -0.39 is 5.91 Å². The van der Waals surface area contributed by atoms with Crippen LogP contribution < -0.4 is 16.8 Å². The van der Waals surface area contributed by atoms with Gasteiger partial charge < -0.3 is 21.5 Å². The minimum Gasteiger partial charge on any atom is -0.380 e. The number of carbonyl (C=O) groups is 2. The van der Waals surface area contributed by atoms with E-state index in [0.29, 0.717) is 0 Å². The summed E-state index contributed by atoms with van der Waals surface area (Å²) >= 11 is 0. The van der Waals surface area contributed by atoms with Crippen LogP contribution in [0.4, 0.5) is 0 Å². The number of primary amides is 1. The first kappa shape index (κ1) is 11.9. The highest BCUT2D eigenvalue weighted by atomic mass is 16.5. The van der Waals surface area contributed by atoms with Crippen molar-refractivity contribution in [1.82, 2.24) is 5.32 Å². The molecule has 0 saturated carbocycles. The van der Waals surface area contributed by atoms with Crippen LogP contribution in [0, 0.1) is 0 Å². The Balaban J connectivity index is 3.66. The molecule has 0 aliphatic carbocycles. The molecule has 0 saturated heterocycles. The van der Waals surface area contributed by atoms with Crippen LogP contribution in [0.15, 0.2) is 0 Å². The minimum atomic E-state index is -0.574. The maximum absolute atomic E-state index is 11.0. The summed E-state index contributed by atoms with van der Waals surface area (Å²) in [6.07, 6.45) is -0.173. The van der Waals surface area contributed by atoms with Gasteiger partial charge in [-0.05, 0) is 0 Å². The maximum Gasteiger partial charge on any atom is 0.236 e. The molecule has 13 heavy (non-hydrogen) atoms. The van der Waals surface area contributed by atoms with E-state index in [1.807, 2.05) is 0 Å². The molecule has 0 aromatic rings. The van der Waals surface area contributed by atoms with E-state index in [1.54, 1.807) is 0 Å². The fourth-order valence-electron chi connectivity index (χ4n) is 0.728. The topological polar surface area (TPSA) is 107 Å². The first-order chi connectivity index (χ1) is 6.10. The van der Waals surface area contributed by atoms with Crippen molar-refractivity contribution in [3.63, 3.8) is 0 Å². The van der Waals surface area contributed by atoms with E-state index in [4.69, 9.17) is 16.2 Å². The van der Waals surface area contributed by atoms with Crippen molar-refractivity contribution in [3.8, 4) is 0 Å². The van der Waals surface area contributed by atoms with E-state index in [2.05, 4.69) is 5.32 Å². The van der Waals surface area contributed by atoms with Gasteiger partial charge in [-0.3, -0.25) is 9.59 Å². The van der Waals surface area contributed by atoms with Crippen LogP contribution in [0.3, 0.4) is 0 Å². The van der Waals surface area contributed by atoms with Crippen molar-refractivity contribution >= 4 is 11.8 Å². The fraction of sp³-hybridized carbons (Fsp3) is 0.714. The lowest BCUT2D eigenvalue weighted by molar-refractivity contribution is -0.126. The van der Waals surface area contributed by atoms with Gasteiger partial charge in [0.1, 0.15) is 0 Å². The molecule has 0 rings (SSSR count). The summed E-state index contributed by atoms with van der Waals surface area (Å²) in [7, 11) is 1.47. The monoisotopic (exact) mass is 189 g/mol. The largest absolute Gasteiger partial charge is 0.380 e. The summed E-state index contributed by atoms with van der Waals surface area (Å²) in [5.41, 5.74) is 10.1.